The van der Waals surface area contributed by atoms with E-state index in [-0.39, 0.29) is 5.41 Å². The van der Waals surface area contributed by atoms with Crippen LogP contribution in [0.25, 0.3) is 33.4 Å². The largest absolute Gasteiger partial charge is 0.310 e. The summed E-state index contributed by atoms with van der Waals surface area (Å²) in [7, 11) is 0. The minimum Gasteiger partial charge on any atom is -0.310 e. The summed E-state index contributed by atoms with van der Waals surface area (Å²) >= 11 is 0. The molecule has 50 heavy (non-hydrogen) atoms. The maximum atomic E-state index is 2.56. The maximum Gasteiger partial charge on any atom is 0.0540 e. The molecule has 0 amide bonds. The molecule has 0 saturated carbocycles. The van der Waals surface area contributed by atoms with Gasteiger partial charge in [0.05, 0.1) is 5.69 Å². The SMILES string of the molecule is CC1(C)c2cc(-c3ccccc3)ccc2-c2ccc(N(c3cc4ccc3CCc3ccc(cc3)CC4)c3ccccc3-c3ccccc3)cc21. The molecule has 5 aliphatic carbocycles. The highest BCUT2D eigenvalue weighted by atomic mass is 15.1. The Labute approximate surface area is 296 Å². The van der Waals surface area contributed by atoms with E-state index in [9.17, 15) is 0 Å². The van der Waals surface area contributed by atoms with Gasteiger partial charge in [0, 0.05) is 22.4 Å². The fourth-order valence-corrected chi connectivity index (χ4v) is 8.24. The van der Waals surface area contributed by atoms with Crippen LogP contribution in [-0.4, -0.2) is 0 Å². The number of para-hydroxylation sites is 1. The number of hydrogen-bond donors (Lipinski definition) is 0. The Kier molecular flexibility index (Phi) is 7.50. The molecule has 0 radical (unpaired) electrons. The van der Waals surface area contributed by atoms with E-state index in [1.54, 1.807) is 0 Å². The first kappa shape index (κ1) is 30.4. The minimum absolute atomic E-state index is 0.149. The van der Waals surface area contributed by atoms with Gasteiger partial charge in [-0.3, -0.25) is 0 Å². The molecule has 4 bridgehead atoms. The zero-order chi connectivity index (χ0) is 33.7. The minimum atomic E-state index is -0.149. The van der Waals surface area contributed by atoms with E-state index in [0.29, 0.717) is 0 Å². The van der Waals surface area contributed by atoms with Crippen LogP contribution in [0.15, 0.2) is 164 Å². The molecule has 0 aromatic heterocycles. The second-order valence-electron chi connectivity index (χ2n) is 14.5. The van der Waals surface area contributed by atoms with Crippen molar-refractivity contribution in [1.82, 2.24) is 0 Å². The molecule has 12 rings (SSSR count). The van der Waals surface area contributed by atoms with Crippen molar-refractivity contribution in [2.75, 3.05) is 4.90 Å². The Morgan fingerprint density at radius 3 is 1.72 bits per heavy atom. The predicted molar refractivity (Wildman–Crippen MR) is 211 cm³/mol. The van der Waals surface area contributed by atoms with Crippen molar-refractivity contribution in [3.63, 3.8) is 0 Å². The van der Waals surface area contributed by atoms with Gasteiger partial charge in [-0.15, -0.1) is 0 Å². The summed E-state index contributed by atoms with van der Waals surface area (Å²) in [6.07, 6.45) is 4.03. The summed E-state index contributed by atoms with van der Waals surface area (Å²) in [6, 6.07) is 61.3. The molecule has 0 unspecified atom stereocenters. The number of rotatable bonds is 5. The van der Waals surface area contributed by atoms with Crippen molar-refractivity contribution in [3.8, 4) is 33.4 Å². The first-order valence-corrected chi connectivity index (χ1v) is 18.0. The quantitative estimate of drug-likeness (QED) is 0.180. The van der Waals surface area contributed by atoms with E-state index in [4.69, 9.17) is 0 Å². The van der Waals surface area contributed by atoms with Gasteiger partial charge in [0.25, 0.3) is 0 Å². The number of benzene rings is 7. The van der Waals surface area contributed by atoms with Crippen molar-refractivity contribution < 1.29 is 0 Å². The Balaban J connectivity index is 1.22. The first-order chi connectivity index (χ1) is 24.5. The van der Waals surface area contributed by atoms with Gasteiger partial charge < -0.3 is 4.90 Å². The molecule has 0 heterocycles. The lowest BCUT2D eigenvalue weighted by atomic mass is 9.81. The third kappa shape index (κ3) is 5.35. The Hall–Kier alpha value is -5.66. The highest BCUT2D eigenvalue weighted by Crippen LogP contribution is 2.52. The second-order valence-corrected chi connectivity index (χ2v) is 14.5. The Morgan fingerprint density at radius 2 is 0.980 bits per heavy atom. The lowest BCUT2D eigenvalue weighted by molar-refractivity contribution is 0.660. The topological polar surface area (TPSA) is 3.24 Å². The highest BCUT2D eigenvalue weighted by Gasteiger charge is 2.36. The zero-order valence-corrected chi connectivity index (χ0v) is 28.9. The average Bonchev–Trinajstić information content (AvgIpc) is 3.39. The number of nitrogens with zero attached hydrogens (tertiary/aromatic N) is 1. The van der Waals surface area contributed by atoms with E-state index >= 15 is 0 Å². The second kappa shape index (κ2) is 12.3. The third-order valence-corrected chi connectivity index (χ3v) is 11.1. The molecule has 0 atom stereocenters. The average molecular weight is 644 g/mol. The van der Waals surface area contributed by atoms with Gasteiger partial charge in [0.2, 0.25) is 0 Å². The highest BCUT2D eigenvalue weighted by molar-refractivity contribution is 5.91. The van der Waals surface area contributed by atoms with E-state index in [2.05, 4.69) is 183 Å². The summed E-state index contributed by atoms with van der Waals surface area (Å²) in [4.78, 5) is 2.56. The van der Waals surface area contributed by atoms with Crippen LogP contribution < -0.4 is 4.90 Å². The number of hydrogen-bond acceptors (Lipinski definition) is 1. The fourth-order valence-electron chi connectivity index (χ4n) is 8.24. The van der Waals surface area contributed by atoms with Crippen LogP contribution in [0, 0.1) is 0 Å². The van der Waals surface area contributed by atoms with Crippen molar-refractivity contribution >= 4 is 17.1 Å². The predicted octanol–water partition coefficient (Wildman–Crippen LogP) is 12.7. The number of anilines is 3. The molecule has 0 saturated heterocycles. The van der Waals surface area contributed by atoms with Gasteiger partial charge >= 0.3 is 0 Å². The van der Waals surface area contributed by atoms with Crippen LogP contribution in [0.1, 0.15) is 47.2 Å². The summed E-state index contributed by atoms with van der Waals surface area (Å²) < 4.78 is 0. The van der Waals surface area contributed by atoms with Crippen LogP contribution in [-0.2, 0) is 31.1 Å². The maximum absolute atomic E-state index is 2.56. The van der Waals surface area contributed by atoms with E-state index in [0.717, 1.165) is 25.7 Å². The Morgan fingerprint density at radius 1 is 0.400 bits per heavy atom. The molecule has 0 aliphatic heterocycles. The van der Waals surface area contributed by atoms with E-state index in [1.807, 2.05) is 0 Å². The Bertz CT molecular complexity index is 2330. The van der Waals surface area contributed by atoms with Crippen LogP contribution in [0.3, 0.4) is 0 Å². The van der Waals surface area contributed by atoms with Gasteiger partial charge in [-0.1, -0.05) is 147 Å². The third-order valence-electron chi connectivity index (χ3n) is 11.1. The molecule has 7 aromatic rings. The van der Waals surface area contributed by atoms with Gasteiger partial charge in [-0.05, 0) is 117 Å². The van der Waals surface area contributed by atoms with Gasteiger partial charge in [-0.25, -0.2) is 0 Å². The molecule has 0 fully saturated rings. The lowest BCUT2D eigenvalue weighted by Crippen LogP contribution is -2.18. The van der Waals surface area contributed by atoms with Crippen molar-refractivity contribution in [3.05, 3.63) is 197 Å². The molecule has 0 N–H and O–H groups in total. The lowest BCUT2D eigenvalue weighted by Gasteiger charge is -2.32. The van der Waals surface area contributed by atoms with Crippen LogP contribution in [0.2, 0.25) is 0 Å². The molecule has 242 valence electrons. The molecule has 5 aliphatic rings. The summed E-state index contributed by atoms with van der Waals surface area (Å²) in [5, 5.41) is 0. The number of fused-ring (bicyclic) bond motifs is 3. The summed E-state index contributed by atoms with van der Waals surface area (Å²) in [6.45, 7) is 4.79. The normalized spacial score (nSPS) is 14.0. The smallest absolute Gasteiger partial charge is 0.0540 e. The van der Waals surface area contributed by atoms with Crippen LogP contribution in [0.5, 0.6) is 0 Å². The molecule has 0 spiro atoms. The molecule has 1 heteroatoms. The van der Waals surface area contributed by atoms with Gasteiger partial charge in [0.1, 0.15) is 0 Å². The van der Waals surface area contributed by atoms with Crippen LogP contribution >= 0.6 is 0 Å². The van der Waals surface area contributed by atoms with Gasteiger partial charge in [0.15, 0.2) is 0 Å². The number of aryl methyl sites for hydroxylation is 4. The fraction of sp³-hybridized carbons (Fsp3) is 0.143. The van der Waals surface area contributed by atoms with Gasteiger partial charge in [-0.2, -0.15) is 0 Å². The van der Waals surface area contributed by atoms with Crippen molar-refractivity contribution in [1.29, 1.82) is 0 Å². The van der Waals surface area contributed by atoms with E-state index < -0.39 is 0 Å². The zero-order valence-electron chi connectivity index (χ0n) is 28.9. The molecule has 7 aromatic carbocycles. The summed E-state index contributed by atoms with van der Waals surface area (Å²) in [5.74, 6) is 0. The van der Waals surface area contributed by atoms with Crippen molar-refractivity contribution in [2.45, 2.75) is 44.9 Å². The van der Waals surface area contributed by atoms with E-state index in [1.165, 1.54) is 83.8 Å². The van der Waals surface area contributed by atoms with Crippen LogP contribution in [0.4, 0.5) is 17.1 Å². The summed E-state index contributed by atoms with van der Waals surface area (Å²) in [5.41, 5.74) is 19.5. The monoisotopic (exact) mass is 643 g/mol. The first-order valence-electron chi connectivity index (χ1n) is 18.0. The molecule has 1 nitrogen and oxygen atoms in total. The van der Waals surface area contributed by atoms with Crippen molar-refractivity contribution in [2.24, 2.45) is 0 Å². The molecular weight excluding hydrogens is 603 g/mol. The molecular formula is C49H41N. The standard InChI is InChI=1S/C49H41N/c1-49(2)45-32-40(37-11-5-3-6-12-37)27-29-43(45)44-30-28-41(33-46(44)49)50(47-16-10-9-15-42(47)38-13-7-4-8-14-38)48-31-36-22-21-34-17-19-35(20-18-34)23-25-39(48)26-24-36/h3-20,24,26-33H,21-23,25H2,1-2H3.